The highest BCUT2D eigenvalue weighted by Gasteiger charge is 2.32. The van der Waals surface area contributed by atoms with Crippen LogP contribution in [0.5, 0.6) is 0 Å². The van der Waals surface area contributed by atoms with E-state index < -0.39 is 11.9 Å². The van der Waals surface area contributed by atoms with Crippen LogP contribution in [0.4, 0.5) is 10.1 Å². The number of nitrogens with zero attached hydrogens (tertiary/aromatic N) is 2. The Hall–Kier alpha value is -4.45. The van der Waals surface area contributed by atoms with E-state index >= 15 is 0 Å². The number of carbonyl (C=O) groups excluding carboxylic acids is 2. The topological polar surface area (TPSA) is 52.7 Å². The Morgan fingerprint density at radius 1 is 0.821 bits per heavy atom. The summed E-state index contributed by atoms with van der Waals surface area (Å²) >= 11 is 0. The van der Waals surface area contributed by atoms with Gasteiger partial charge >= 0.3 is 0 Å². The Labute approximate surface area is 228 Å². The molecule has 39 heavy (non-hydrogen) atoms. The molecule has 0 saturated carbocycles. The second-order valence-corrected chi connectivity index (χ2v) is 9.78. The zero-order chi connectivity index (χ0) is 27.0. The van der Waals surface area contributed by atoms with Gasteiger partial charge in [0.05, 0.1) is 0 Å². The summed E-state index contributed by atoms with van der Waals surface area (Å²) in [5, 5.41) is 3.01. The SMILES string of the molecule is O=C(NCc1ccccc1)[C@H](c1ccc(F)cc1)N(Cc1ccccc1)C(=O)CCN1CCc2ccccc21. The molecule has 1 heterocycles. The average Bonchev–Trinajstić information content (AvgIpc) is 3.39. The number of benzene rings is 4. The van der Waals surface area contributed by atoms with Gasteiger partial charge in [-0.05, 0) is 46.9 Å². The zero-order valence-electron chi connectivity index (χ0n) is 21.8. The highest BCUT2D eigenvalue weighted by molar-refractivity contribution is 5.89. The minimum absolute atomic E-state index is 0.132. The lowest BCUT2D eigenvalue weighted by Gasteiger charge is -2.32. The average molecular weight is 522 g/mol. The van der Waals surface area contributed by atoms with Gasteiger partial charge in [0, 0.05) is 38.3 Å². The maximum atomic E-state index is 13.9. The lowest BCUT2D eigenvalue weighted by molar-refractivity contribution is -0.141. The number of hydrogen-bond acceptors (Lipinski definition) is 3. The van der Waals surface area contributed by atoms with E-state index in [1.54, 1.807) is 17.0 Å². The summed E-state index contributed by atoms with van der Waals surface area (Å²) in [4.78, 5) is 31.5. The minimum Gasteiger partial charge on any atom is -0.370 e. The van der Waals surface area contributed by atoms with Gasteiger partial charge in [0.15, 0.2) is 0 Å². The lowest BCUT2D eigenvalue weighted by atomic mass is 10.0. The molecule has 0 aromatic heterocycles. The quantitative estimate of drug-likeness (QED) is 0.293. The molecule has 4 aromatic rings. The molecule has 1 atom stereocenters. The van der Waals surface area contributed by atoms with Crippen molar-refractivity contribution in [2.45, 2.75) is 32.0 Å². The van der Waals surface area contributed by atoms with Crippen molar-refractivity contribution in [2.75, 3.05) is 18.0 Å². The van der Waals surface area contributed by atoms with Crippen LogP contribution in [0.2, 0.25) is 0 Å². The predicted octanol–water partition coefficient (Wildman–Crippen LogP) is 5.66. The summed E-state index contributed by atoms with van der Waals surface area (Å²) in [5.74, 6) is -0.829. The largest absolute Gasteiger partial charge is 0.370 e. The summed E-state index contributed by atoms with van der Waals surface area (Å²) < 4.78 is 13.9. The molecule has 0 aliphatic carbocycles. The van der Waals surface area contributed by atoms with Crippen molar-refractivity contribution in [2.24, 2.45) is 0 Å². The van der Waals surface area contributed by atoms with Crippen molar-refractivity contribution >= 4 is 17.5 Å². The third-order valence-corrected chi connectivity index (χ3v) is 7.15. The smallest absolute Gasteiger partial charge is 0.247 e. The molecular formula is C33H32FN3O2. The summed E-state index contributed by atoms with van der Waals surface area (Å²) in [6.07, 6.45) is 1.21. The van der Waals surface area contributed by atoms with Crippen LogP contribution in [0.25, 0.3) is 0 Å². The van der Waals surface area contributed by atoms with Crippen LogP contribution in [-0.4, -0.2) is 29.8 Å². The van der Waals surface area contributed by atoms with Crippen molar-refractivity contribution in [1.82, 2.24) is 10.2 Å². The number of para-hydroxylation sites is 1. The Morgan fingerprint density at radius 2 is 1.46 bits per heavy atom. The van der Waals surface area contributed by atoms with Crippen LogP contribution >= 0.6 is 0 Å². The summed E-state index contributed by atoms with van der Waals surface area (Å²) in [6.45, 7) is 2.01. The summed E-state index contributed by atoms with van der Waals surface area (Å²) in [6, 6.07) is 32.5. The van der Waals surface area contributed by atoms with Crippen LogP contribution in [0.3, 0.4) is 0 Å². The standard InChI is InChI=1S/C33H32FN3O2/c34-29-17-15-28(16-18-29)32(33(39)35-23-25-9-3-1-4-10-25)37(24-26-11-5-2-6-12-26)31(38)20-22-36-21-19-27-13-7-8-14-30(27)36/h1-18,32H,19-24H2,(H,35,39)/t32-/m0/s1. The molecule has 1 N–H and O–H groups in total. The molecule has 0 bridgehead atoms. The van der Waals surface area contributed by atoms with E-state index in [1.807, 2.05) is 72.8 Å². The normalized spacial score (nSPS) is 13.0. The van der Waals surface area contributed by atoms with Gasteiger partial charge in [0.2, 0.25) is 11.8 Å². The number of anilines is 1. The number of nitrogens with one attached hydrogen (secondary N) is 1. The first-order valence-electron chi connectivity index (χ1n) is 13.3. The monoisotopic (exact) mass is 521 g/mol. The number of rotatable bonds is 10. The molecule has 6 heteroatoms. The summed E-state index contributed by atoms with van der Waals surface area (Å²) in [5.41, 5.74) is 4.89. The van der Waals surface area contributed by atoms with E-state index in [0.717, 1.165) is 29.8 Å². The van der Waals surface area contributed by atoms with Gasteiger partial charge in [-0.1, -0.05) is 91.0 Å². The molecule has 4 aromatic carbocycles. The van der Waals surface area contributed by atoms with Crippen LogP contribution in [0.15, 0.2) is 109 Å². The Kier molecular flexibility index (Phi) is 8.32. The molecule has 198 valence electrons. The van der Waals surface area contributed by atoms with Gasteiger partial charge in [-0.15, -0.1) is 0 Å². The van der Waals surface area contributed by atoms with Crippen molar-refractivity contribution < 1.29 is 14.0 Å². The first-order chi connectivity index (χ1) is 19.1. The van der Waals surface area contributed by atoms with Crippen LogP contribution < -0.4 is 10.2 Å². The fraction of sp³-hybridized carbons (Fsp3) is 0.212. The van der Waals surface area contributed by atoms with Crippen molar-refractivity contribution in [3.8, 4) is 0 Å². The van der Waals surface area contributed by atoms with Crippen molar-refractivity contribution in [1.29, 1.82) is 0 Å². The van der Waals surface area contributed by atoms with E-state index in [2.05, 4.69) is 22.3 Å². The molecule has 0 spiro atoms. The molecule has 1 aliphatic heterocycles. The van der Waals surface area contributed by atoms with Crippen LogP contribution in [-0.2, 0) is 29.1 Å². The van der Waals surface area contributed by atoms with Crippen LogP contribution in [0.1, 0.15) is 34.7 Å². The number of hydrogen-bond donors (Lipinski definition) is 1. The van der Waals surface area contributed by atoms with Gasteiger partial charge in [-0.25, -0.2) is 4.39 Å². The van der Waals surface area contributed by atoms with E-state index in [1.165, 1.54) is 17.7 Å². The fourth-order valence-electron chi connectivity index (χ4n) is 5.12. The van der Waals surface area contributed by atoms with E-state index in [-0.39, 0.29) is 24.8 Å². The number of carbonyl (C=O) groups is 2. The molecule has 0 radical (unpaired) electrons. The highest BCUT2D eigenvalue weighted by atomic mass is 19.1. The van der Waals surface area contributed by atoms with Crippen molar-refractivity contribution in [3.05, 3.63) is 137 Å². The molecule has 5 rings (SSSR count). The van der Waals surface area contributed by atoms with Gasteiger partial charge in [-0.3, -0.25) is 9.59 Å². The lowest BCUT2D eigenvalue weighted by Crippen LogP contribution is -2.44. The van der Waals surface area contributed by atoms with Gasteiger partial charge < -0.3 is 15.1 Å². The predicted molar refractivity (Wildman–Crippen MR) is 151 cm³/mol. The first-order valence-corrected chi connectivity index (χ1v) is 13.3. The second-order valence-electron chi connectivity index (χ2n) is 9.78. The molecule has 2 amide bonds. The third kappa shape index (κ3) is 6.52. The van der Waals surface area contributed by atoms with Gasteiger partial charge in [-0.2, -0.15) is 0 Å². The minimum atomic E-state index is -0.909. The maximum absolute atomic E-state index is 13.9. The molecule has 0 saturated heterocycles. The molecule has 0 fully saturated rings. The van der Waals surface area contributed by atoms with E-state index in [4.69, 9.17) is 0 Å². The number of amides is 2. The Bertz CT molecular complexity index is 1390. The second kappa shape index (κ2) is 12.4. The van der Waals surface area contributed by atoms with Gasteiger partial charge in [0.25, 0.3) is 0 Å². The maximum Gasteiger partial charge on any atom is 0.247 e. The fourth-order valence-corrected chi connectivity index (χ4v) is 5.12. The molecule has 0 unspecified atom stereocenters. The number of fused-ring (bicyclic) bond motifs is 1. The van der Waals surface area contributed by atoms with E-state index in [0.29, 0.717) is 18.7 Å². The zero-order valence-corrected chi connectivity index (χ0v) is 21.8. The number of halogens is 1. The Balaban J connectivity index is 1.41. The first kappa shape index (κ1) is 26.2. The Morgan fingerprint density at radius 3 is 2.18 bits per heavy atom. The van der Waals surface area contributed by atoms with Crippen LogP contribution in [0, 0.1) is 5.82 Å². The summed E-state index contributed by atoms with van der Waals surface area (Å²) in [7, 11) is 0. The van der Waals surface area contributed by atoms with Crippen molar-refractivity contribution in [3.63, 3.8) is 0 Å². The molecule has 1 aliphatic rings. The molecule has 5 nitrogen and oxygen atoms in total. The third-order valence-electron chi connectivity index (χ3n) is 7.15. The van der Waals surface area contributed by atoms with Gasteiger partial charge in [0.1, 0.15) is 11.9 Å². The molecular weight excluding hydrogens is 489 g/mol. The highest BCUT2D eigenvalue weighted by Crippen LogP contribution is 2.29. The van der Waals surface area contributed by atoms with E-state index in [9.17, 15) is 14.0 Å².